The lowest BCUT2D eigenvalue weighted by Crippen LogP contribution is -2.35. The predicted molar refractivity (Wildman–Crippen MR) is 83.7 cm³/mol. The molecule has 0 aliphatic carbocycles. The van der Waals surface area contributed by atoms with E-state index in [9.17, 15) is 4.79 Å². The van der Waals surface area contributed by atoms with Gasteiger partial charge in [-0.3, -0.25) is 10.1 Å². The molecule has 0 bridgehead atoms. The Kier molecular flexibility index (Phi) is 4.63. The van der Waals surface area contributed by atoms with Gasteiger partial charge in [-0.05, 0) is 42.2 Å². The first kappa shape index (κ1) is 14.0. The van der Waals surface area contributed by atoms with Crippen LogP contribution in [0.1, 0.15) is 18.4 Å². The second-order valence-corrected chi connectivity index (χ2v) is 6.95. The van der Waals surface area contributed by atoms with Crippen LogP contribution in [0.2, 0.25) is 0 Å². The fraction of sp³-hybridized carbons (Fsp3) is 0.562. The van der Waals surface area contributed by atoms with Gasteiger partial charge in [0.2, 0.25) is 5.91 Å². The van der Waals surface area contributed by atoms with E-state index in [1.165, 1.54) is 29.9 Å². The number of rotatable bonds is 4. The maximum absolute atomic E-state index is 12.4. The standard InChI is InChI=1S/C16H22N2OS/c19-16-15(10-13-4-2-1-3-5-13)17-12-18(16)11-14-6-8-20-9-7-14/h1-5,14-15,17H,6-12H2. The lowest BCUT2D eigenvalue weighted by Gasteiger charge is -2.26. The minimum absolute atomic E-state index is 0.0321. The number of nitrogens with zero attached hydrogens (tertiary/aromatic N) is 1. The van der Waals surface area contributed by atoms with E-state index in [0.717, 1.165) is 19.6 Å². The highest BCUT2D eigenvalue weighted by atomic mass is 32.2. The van der Waals surface area contributed by atoms with Crippen LogP contribution in [0.3, 0.4) is 0 Å². The molecule has 0 spiro atoms. The number of benzene rings is 1. The van der Waals surface area contributed by atoms with Gasteiger partial charge in [-0.15, -0.1) is 0 Å². The van der Waals surface area contributed by atoms with Crippen molar-refractivity contribution in [2.45, 2.75) is 25.3 Å². The molecule has 1 aromatic carbocycles. The third kappa shape index (κ3) is 3.36. The van der Waals surface area contributed by atoms with E-state index in [1.807, 2.05) is 34.9 Å². The maximum atomic E-state index is 12.4. The highest BCUT2D eigenvalue weighted by molar-refractivity contribution is 7.99. The summed E-state index contributed by atoms with van der Waals surface area (Å²) in [4.78, 5) is 14.5. The molecule has 2 aliphatic rings. The summed E-state index contributed by atoms with van der Waals surface area (Å²) >= 11 is 2.04. The van der Waals surface area contributed by atoms with Crippen LogP contribution in [0.4, 0.5) is 0 Å². The number of amides is 1. The van der Waals surface area contributed by atoms with E-state index in [1.54, 1.807) is 0 Å². The molecular formula is C16H22N2OS. The van der Waals surface area contributed by atoms with Crippen molar-refractivity contribution in [1.29, 1.82) is 0 Å². The van der Waals surface area contributed by atoms with Crippen LogP contribution in [0.15, 0.2) is 30.3 Å². The number of carbonyl (C=O) groups is 1. The highest BCUT2D eigenvalue weighted by Gasteiger charge is 2.32. The zero-order chi connectivity index (χ0) is 13.8. The molecule has 2 heterocycles. The topological polar surface area (TPSA) is 32.3 Å². The lowest BCUT2D eigenvalue weighted by molar-refractivity contribution is -0.129. The van der Waals surface area contributed by atoms with E-state index >= 15 is 0 Å². The minimum atomic E-state index is -0.0321. The first-order valence-electron chi connectivity index (χ1n) is 7.47. The van der Waals surface area contributed by atoms with Crippen LogP contribution in [0.5, 0.6) is 0 Å². The van der Waals surface area contributed by atoms with Crippen molar-refractivity contribution < 1.29 is 4.79 Å². The van der Waals surface area contributed by atoms with Crippen molar-refractivity contribution in [3.8, 4) is 0 Å². The first-order chi connectivity index (χ1) is 9.83. The smallest absolute Gasteiger partial charge is 0.241 e. The molecule has 1 unspecified atom stereocenters. The van der Waals surface area contributed by atoms with Gasteiger partial charge in [0.1, 0.15) is 0 Å². The summed E-state index contributed by atoms with van der Waals surface area (Å²) in [6.45, 7) is 1.66. The zero-order valence-corrected chi connectivity index (χ0v) is 12.6. The van der Waals surface area contributed by atoms with Gasteiger partial charge in [-0.2, -0.15) is 11.8 Å². The summed E-state index contributed by atoms with van der Waals surface area (Å²) in [5.74, 6) is 3.51. The summed E-state index contributed by atoms with van der Waals surface area (Å²) in [5.41, 5.74) is 1.23. The Bertz CT molecular complexity index is 445. The van der Waals surface area contributed by atoms with E-state index in [-0.39, 0.29) is 11.9 Å². The monoisotopic (exact) mass is 290 g/mol. The van der Waals surface area contributed by atoms with E-state index in [4.69, 9.17) is 0 Å². The molecule has 1 amide bonds. The largest absolute Gasteiger partial charge is 0.328 e. The molecule has 1 N–H and O–H groups in total. The molecule has 108 valence electrons. The van der Waals surface area contributed by atoms with Crippen LogP contribution in [0, 0.1) is 5.92 Å². The Balaban J connectivity index is 1.54. The summed E-state index contributed by atoms with van der Waals surface area (Å²) in [6.07, 6.45) is 3.33. The number of thioether (sulfide) groups is 1. The van der Waals surface area contributed by atoms with E-state index < -0.39 is 0 Å². The maximum Gasteiger partial charge on any atom is 0.241 e. The second-order valence-electron chi connectivity index (χ2n) is 5.72. The van der Waals surface area contributed by atoms with Crippen LogP contribution in [0.25, 0.3) is 0 Å². The number of hydrogen-bond donors (Lipinski definition) is 1. The molecule has 20 heavy (non-hydrogen) atoms. The molecule has 1 aromatic rings. The van der Waals surface area contributed by atoms with Crippen LogP contribution < -0.4 is 5.32 Å². The molecule has 0 radical (unpaired) electrons. The van der Waals surface area contributed by atoms with Crippen molar-refractivity contribution in [3.05, 3.63) is 35.9 Å². The Labute approximate surface area is 125 Å². The summed E-state index contributed by atoms with van der Waals surface area (Å²) in [5, 5.41) is 3.37. The SMILES string of the molecule is O=C1C(Cc2ccccc2)NCN1CC1CCSCC1. The van der Waals surface area contributed by atoms with Crippen molar-refractivity contribution in [1.82, 2.24) is 10.2 Å². The van der Waals surface area contributed by atoms with Crippen LogP contribution in [-0.4, -0.2) is 41.6 Å². The van der Waals surface area contributed by atoms with Crippen LogP contribution >= 0.6 is 11.8 Å². The summed E-state index contributed by atoms with van der Waals surface area (Å²) in [6, 6.07) is 10.2. The fourth-order valence-corrected chi connectivity index (χ4v) is 4.21. The molecular weight excluding hydrogens is 268 g/mol. The van der Waals surface area contributed by atoms with Gasteiger partial charge in [0.15, 0.2) is 0 Å². The minimum Gasteiger partial charge on any atom is -0.328 e. The van der Waals surface area contributed by atoms with Gasteiger partial charge in [0.05, 0.1) is 12.7 Å². The van der Waals surface area contributed by atoms with E-state index in [2.05, 4.69) is 17.4 Å². The molecule has 3 rings (SSSR count). The van der Waals surface area contributed by atoms with Gasteiger partial charge in [-0.25, -0.2) is 0 Å². The molecule has 2 fully saturated rings. The normalized spacial score (nSPS) is 24.3. The van der Waals surface area contributed by atoms with Crippen molar-refractivity contribution in [2.75, 3.05) is 24.7 Å². The van der Waals surface area contributed by atoms with E-state index in [0.29, 0.717) is 5.92 Å². The fourth-order valence-electron chi connectivity index (χ4n) is 3.01. The quantitative estimate of drug-likeness (QED) is 0.922. The van der Waals surface area contributed by atoms with Gasteiger partial charge < -0.3 is 4.90 Å². The Morgan fingerprint density at radius 1 is 1.20 bits per heavy atom. The molecule has 4 heteroatoms. The van der Waals surface area contributed by atoms with Gasteiger partial charge in [-0.1, -0.05) is 30.3 Å². The van der Waals surface area contributed by atoms with Crippen molar-refractivity contribution >= 4 is 17.7 Å². The molecule has 3 nitrogen and oxygen atoms in total. The average Bonchev–Trinajstić information content (AvgIpc) is 2.83. The van der Waals surface area contributed by atoms with Gasteiger partial charge in [0.25, 0.3) is 0 Å². The summed E-state index contributed by atoms with van der Waals surface area (Å²) in [7, 11) is 0. The zero-order valence-electron chi connectivity index (χ0n) is 11.8. The molecule has 0 aromatic heterocycles. The summed E-state index contributed by atoms with van der Waals surface area (Å²) < 4.78 is 0. The van der Waals surface area contributed by atoms with Crippen LogP contribution in [-0.2, 0) is 11.2 Å². The number of carbonyl (C=O) groups excluding carboxylic acids is 1. The third-order valence-electron chi connectivity index (χ3n) is 4.24. The highest BCUT2D eigenvalue weighted by Crippen LogP contribution is 2.24. The Hall–Kier alpha value is -1.00. The van der Waals surface area contributed by atoms with Gasteiger partial charge >= 0.3 is 0 Å². The van der Waals surface area contributed by atoms with Gasteiger partial charge in [0, 0.05) is 6.54 Å². The third-order valence-corrected chi connectivity index (χ3v) is 5.29. The Morgan fingerprint density at radius 2 is 1.95 bits per heavy atom. The second kappa shape index (κ2) is 6.64. The molecule has 2 saturated heterocycles. The van der Waals surface area contributed by atoms with Crippen molar-refractivity contribution in [2.24, 2.45) is 5.92 Å². The van der Waals surface area contributed by atoms with Crippen molar-refractivity contribution in [3.63, 3.8) is 0 Å². The molecule has 1 atom stereocenters. The Morgan fingerprint density at radius 3 is 2.70 bits per heavy atom. The predicted octanol–water partition coefficient (Wildman–Crippen LogP) is 2.13. The lowest BCUT2D eigenvalue weighted by atomic mass is 10.0. The molecule has 0 saturated carbocycles. The molecule has 2 aliphatic heterocycles. The number of nitrogens with one attached hydrogen (secondary N) is 1. The number of hydrogen-bond acceptors (Lipinski definition) is 3. The first-order valence-corrected chi connectivity index (χ1v) is 8.62. The average molecular weight is 290 g/mol.